The zero-order chi connectivity index (χ0) is 18.0. The summed E-state index contributed by atoms with van der Waals surface area (Å²) < 4.78 is 14.2. The number of nitrogens with one attached hydrogen (secondary N) is 1. The first-order valence-corrected chi connectivity index (χ1v) is 8.99. The molecule has 0 unspecified atom stereocenters. The molecule has 1 aromatic heterocycles. The number of quaternary nitrogens is 1. The number of aryl methyl sites for hydroxylation is 1. The van der Waals surface area contributed by atoms with E-state index in [1.54, 1.807) is 11.0 Å². The maximum atomic E-state index is 13.5. The maximum absolute atomic E-state index is 13.5. The number of amides is 1. The van der Waals surface area contributed by atoms with Crippen LogP contribution in [-0.2, 0) is 0 Å². The second-order valence-electron chi connectivity index (χ2n) is 6.39. The number of aromatic nitrogens is 1. The summed E-state index contributed by atoms with van der Waals surface area (Å²) in [6.07, 6.45) is 0. The molecule has 2 aromatic carbocycles. The summed E-state index contributed by atoms with van der Waals surface area (Å²) in [7, 11) is 4.09. The van der Waals surface area contributed by atoms with E-state index in [1.165, 1.54) is 28.4 Å². The first-order valence-electron chi connectivity index (χ1n) is 8.17. The van der Waals surface area contributed by atoms with Gasteiger partial charge in [0.15, 0.2) is 5.13 Å². The van der Waals surface area contributed by atoms with Gasteiger partial charge < -0.3 is 4.90 Å². The van der Waals surface area contributed by atoms with E-state index in [9.17, 15) is 9.18 Å². The summed E-state index contributed by atoms with van der Waals surface area (Å²) in [5, 5.41) is 0.604. The van der Waals surface area contributed by atoms with Crippen molar-refractivity contribution in [2.45, 2.75) is 6.92 Å². The van der Waals surface area contributed by atoms with Crippen LogP contribution in [-0.4, -0.2) is 38.1 Å². The number of fused-ring (bicyclic) bond motifs is 1. The lowest BCUT2D eigenvalue weighted by Gasteiger charge is -2.20. The van der Waals surface area contributed by atoms with Gasteiger partial charge in [-0.3, -0.25) is 9.69 Å². The zero-order valence-corrected chi connectivity index (χ0v) is 15.4. The van der Waals surface area contributed by atoms with Gasteiger partial charge in [0.1, 0.15) is 5.82 Å². The summed E-state index contributed by atoms with van der Waals surface area (Å²) in [5.41, 5.74) is 2.45. The van der Waals surface area contributed by atoms with E-state index in [4.69, 9.17) is 0 Å². The molecule has 25 heavy (non-hydrogen) atoms. The number of rotatable bonds is 5. The third-order valence-corrected chi connectivity index (χ3v) is 4.99. The first kappa shape index (κ1) is 17.5. The number of thiazole rings is 1. The number of carbonyl (C=O) groups excluding carboxylic acids is 1. The second-order valence-corrected chi connectivity index (χ2v) is 7.40. The van der Waals surface area contributed by atoms with Crippen LogP contribution in [0, 0.1) is 12.7 Å². The number of nitrogens with zero attached hydrogens (tertiary/aromatic N) is 2. The van der Waals surface area contributed by atoms with Gasteiger partial charge in [0.2, 0.25) is 0 Å². The molecular weight excluding hydrogens is 337 g/mol. The molecule has 3 aromatic rings. The summed E-state index contributed by atoms with van der Waals surface area (Å²) >= 11 is 1.34. The van der Waals surface area contributed by atoms with Crippen LogP contribution in [0.3, 0.4) is 0 Å². The molecule has 0 radical (unpaired) electrons. The molecule has 6 heteroatoms. The number of hydrogen-bond acceptors (Lipinski definition) is 3. The van der Waals surface area contributed by atoms with Crippen LogP contribution in [0.25, 0.3) is 10.2 Å². The molecule has 1 amide bonds. The highest BCUT2D eigenvalue weighted by Gasteiger charge is 2.22. The van der Waals surface area contributed by atoms with Crippen LogP contribution in [0.15, 0.2) is 42.5 Å². The fourth-order valence-corrected chi connectivity index (χ4v) is 3.49. The number of likely N-dealkylation sites (N-methyl/N-ethyl adjacent to an activating group) is 1. The fourth-order valence-electron chi connectivity index (χ4n) is 2.47. The molecule has 4 nitrogen and oxygen atoms in total. The topological polar surface area (TPSA) is 37.6 Å². The normalized spacial score (nSPS) is 11.2. The highest BCUT2D eigenvalue weighted by atomic mass is 32.1. The van der Waals surface area contributed by atoms with Gasteiger partial charge in [-0.05, 0) is 37.3 Å². The predicted octanol–water partition coefficient (Wildman–Crippen LogP) is 2.54. The minimum absolute atomic E-state index is 0.0826. The van der Waals surface area contributed by atoms with E-state index < -0.39 is 0 Å². The average Bonchev–Trinajstić information content (AvgIpc) is 2.98. The Morgan fingerprint density at radius 1 is 1.20 bits per heavy atom. The number of anilines is 1. The molecule has 1 N–H and O–H groups in total. The molecule has 0 aliphatic carbocycles. The van der Waals surface area contributed by atoms with Crippen molar-refractivity contribution in [3.8, 4) is 0 Å². The Balaban J connectivity index is 1.97. The molecule has 0 saturated carbocycles. The van der Waals surface area contributed by atoms with E-state index in [0.29, 0.717) is 22.8 Å². The first-order chi connectivity index (χ1) is 11.9. The van der Waals surface area contributed by atoms with Gasteiger partial charge in [0.25, 0.3) is 5.91 Å². The lowest BCUT2D eigenvalue weighted by molar-refractivity contribution is -0.856. The van der Waals surface area contributed by atoms with Crippen LogP contribution in [0.2, 0.25) is 0 Å². The van der Waals surface area contributed by atoms with Crippen molar-refractivity contribution < 1.29 is 14.1 Å². The third-order valence-electron chi connectivity index (χ3n) is 3.95. The summed E-state index contributed by atoms with van der Waals surface area (Å²) in [4.78, 5) is 20.5. The van der Waals surface area contributed by atoms with Crippen molar-refractivity contribution in [1.29, 1.82) is 0 Å². The minimum atomic E-state index is -0.295. The van der Waals surface area contributed by atoms with Gasteiger partial charge in [-0.15, -0.1) is 0 Å². The highest BCUT2D eigenvalue weighted by Crippen LogP contribution is 2.30. The zero-order valence-electron chi connectivity index (χ0n) is 14.5. The Morgan fingerprint density at radius 2 is 1.92 bits per heavy atom. The van der Waals surface area contributed by atoms with Crippen molar-refractivity contribution in [1.82, 2.24) is 4.98 Å². The lowest BCUT2D eigenvalue weighted by atomic mass is 10.1. The predicted molar refractivity (Wildman–Crippen MR) is 100 cm³/mol. The molecule has 1 heterocycles. The van der Waals surface area contributed by atoms with Gasteiger partial charge in [-0.1, -0.05) is 29.0 Å². The molecule has 0 saturated heterocycles. The van der Waals surface area contributed by atoms with Crippen LogP contribution < -0.4 is 9.80 Å². The number of halogens is 1. The molecular formula is C19H21FN3OS+. The molecule has 0 atom stereocenters. The molecule has 0 aliphatic rings. The van der Waals surface area contributed by atoms with Crippen LogP contribution >= 0.6 is 11.3 Å². The van der Waals surface area contributed by atoms with E-state index in [2.05, 4.69) is 4.98 Å². The average molecular weight is 358 g/mol. The SMILES string of the molecule is Cc1ccc(C(=O)N(CC[NH+](C)C)c2nc3ccc(F)cc3s2)cc1. The molecule has 0 aliphatic heterocycles. The summed E-state index contributed by atoms with van der Waals surface area (Å²) in [5.74, 6) is -0.377. The quantitative estimate of drug-likeness (QED) is 0.761. The van der Waals surface area contributed by atoms with Gasteiger partial charge in [0.05, 0.1) is 37.4 Å². The fraction of sp³-hybridized carbons (Fsp3) is 0.263. The van der Waals surface area contributed by atoms with Crippen molar-refractivity contribution in [2.75, 3.05) is 32.1 Å². The monoisotopic (exact) mass is 358 g/mol. The van der Waals surface area contributed by atoms with Crippen LogP contribution in [0.1, 0.15) is 15.9 Å². The van der Waals surface area contributed by atoms with Crippen LogP contribution in [0.4, 0.5) is 9.52 Å². The molecule has 130 valence electrons. The lowest BCUT2D eigenvalue weighted by Crippen LogP contribution is -3.06. The summed E-state index contributed by atoms with van der Waals surface area (Å²) in [6.45, 7) is 3.34. The minimum Gasteiger partial charge on any atom is -0.338 e. The van der Waals surface area contributed by atoms with Crippen molar-refractivity contribution in [3.05, 3.63) is 59.4 Å². The number of carbonyl (C=O) groups is 1. The van der Waals surface area contributed by atoms with Crippen LogP contribution in [0.5, 0.6) is 0 Å². The Bertz CT molecular complexity index is 889. The van der Waals surface area contributed by atoms with E-state index >= 15 is 0 Å². The number of hydrogen-bond donors (Lipinski definition) is 1. The van der Waals surface area contributed by atoms with Crippen molar-refractivity contribution >= 4 is 32.6 Å². The van der Waals surface area contributed by atoms with Crippen molar-refractivity contribution in [3.63, 3.8) is 0 Å². The van der Waals surface area contributed by atoms with Crippen molar-refractivity contribution in [2.24, 2.45) is 0 Å². The Labute approximate surface area is 150 Å². The maximum Gasteiger partial charge on any atom is 0.260 e. The largest absolute Gasteiger partial charge is 0.338 e. The Kier molecular flexibility index (Phi) is 5.11. The molecule has 3 rings (SSSR count). The van der Waals surface area contributed by atoms with E-state index in [0.717, 1.165) is 16.8 Å². The summed E-state index contributed by atoms with van der Waals surface area (Å²) in [6, 6.07) is 12.0. The third kappa shape index (κ3) is 4.03. The van der Waals surface area contributed by atoms with E-state index in [-0.39, 0.29) is 11.7 Å². The van der Waals surface area contributed by atoms with Gasteiger partial charge in [0, 0.05) is 5.56 Å². The highest BCUT2D eigenvalue weighted by molar-refractivity contribution is 7.22. The van der Waals surface area contributed by atoms with Gasteiger partial charge >= 0.3 is 0 Å². The Hall–Kier alpha value is -2.31. The van der Waals surface area contributed by atoms with Gasteiger partial charge in [-0.25, -0.2) is 9.37 Å². The molecule has 0 bridgehead atoms. The van der Waals surface area contributed by atoms with E-state index in [1.807, 2.05) is 45.3 Å². The Morgan fingerprint density at radius 3 is 2.60 bits per heavy atom. The smallest absolute Gasteiger partial charge is 0.260 e. The number of benzene rings is 2. The molecule has 0 spiro atoms. The second kappa shape index (κ2) is 7.29. The molecule has 0 fully saturated rings. The van der Waals surface area contributed by atoms with Gasteiger partial charge in [-0.2, -0.15) is 0 Å². The standard InChI is InChI=1S/C19H20FN3OS/c1-13-4-6-14(7-5-13)18(24)23(11-10-22(2)3)19-21-16-9-8-15(20)12-17(16)25-19/h4-9,12H,10-11H2,1-3H3/p+1.